The topological polar surface area (TPSA) is 97.4 Å². The average molecular weight is 524 g/mol. The molecule has 0 aromatic heterocycles. The maximum atomic E-state index is 13.7. The van der Waals surface area contributed by atoms with E-state index >= 15 is 0 Å². The second-order valence-corrected chi connectivity index (χ2v) is 10.4. The predicted molar refractivity (Wildman–Crippen MR) is 138 cm³/mol. The molecule has 9 nitrogen and oxygen atoms in total. The Morgan fingerprint density at radius 1 is 1.28 bits per heavy atom. The van der Waals surface area contributed by atoms with E-state index < -0.39 is 29.4 Å². The normalized spacial score (nSPS) is 18.7. The number of amides is 3. The number of ether oxygens (including phenoxy) is 3. The third-order valence-corrected chi connectivity index (χ3v) is 6.20. The van der Waals surface area contributed by atoms with E-state index in [2.05, 4.69) is 11.9 Å². The average Bonchev–Trinajstić information content (AvgIpc) is 2.82. The van der Waals surface area contributed by atoms with Crippen molar-refractivity contribution in [2.75, 3.05) is 40.5 Å². The molecule has 0 aliphatic carbocycles. The first-order valence-electron chi connectivity index (χ1n) is 11.9. The zero-order valence-corrected chi connectivity index (χ0v) is 22.6. The molecule has 1 aromatic rings. The van der Waals surface area contributed by atoms with E-state index in [4.69, 9.17) is 25.8 Å². The molecule has 3 amide bonds. The minimum atomic E-state index is -0.976. The molecule has 0 radical (unpaired) electrons. The monoisotopic (exact) mass is 523 g/mol. The molecule has 0 unspecified atom stereocenters. The molecule has 1 fully saturated rings. The van der Waals surface area contributed by atoms with E-state index in [0.717, 1.165) is 5.56 Å². The van der Waals surface area contributed by atoms with E-state index in [1.54, 1.807) is 29.0 Å². The highest BCUT2D eigenvalue weighted by Crippen LogP contribution is 2.32. The highest BCUT2D eigenvalue weighted by atomic mass is 35.5. The maximum Gasteiger partial charge on any atom is 0.410 e. The number of hydrogen-bond donors (Lipinski definition) is 1. The fraction of sp³-hybridized carbons (Fsp3) is 0.577. The summed E-state index contributed by atoms with van der Waals surface area (Å²) in [4.78, 5) is 42.1. The number of hydrogen-bond acceptors (Lipinski definition) is 6. The van der Waals surface area contributed by atoms with Crippen LogP contribution in [0.25, 0.3) is 0 Å². The van der Waals surface area contributed by atoms with E-state index in [1.807, 2.05) is 32.9 Å². The van der Waals surface area contributed by atoms with Gasteiger partial charge in [0.2, 0.25) is 5.91 Å². The summed E-state index contributed by atoms with van der Waals surface area (Å²) in [5.41, 5.74) is -0.431. The lowest BCUT2D eigenvalue weighted by molar-refractivity contribution is -0.141. The Hall–Kier alpha value is -2.78. The second kappa shape index (κ2) is 13.0. The van der Waals surface area contributed by atoms with Crippen molar-refractivity contribution >= 4 is 29.7 Å². The molecule has 0 spiro atoms. The summed E-state index contributed by atoms with van der Waals surface area (Å²) in [6.07, 6.45) is 2.07. The molecule has 1 aliphatic rings. The molecule has 1 aromatic carbocycles. The van der Waals surface area contributed by atoms with Gasteiger partial charge in [0.05, 0.1) is 12.1 Å². The number of alkyl carbamates (subject to hydrolysis) is 1. The number of nitrogens with zero attached hydrogens (tertiary/aromatic N) is 2. The van der Waals surface area contributed by atoms with Gasteiger partial charge in [-0.15, -0.1) is 0 Å². The molecule has 2 rings (SSSR count). The summed E-state index contributed by atoms with van der Waals surface area (Å²) in [5.74, 6) is -0.354. The van der Waals surface area contributed by atoms with Gasteiger partial charge in [0.25, 0.3) is 0 Å². The van der Waals surface area contributed by atoms with Gasteiger partial charge in [-0.25, -0.2) is 9.59 Å². The largest absolute Gasteiger partial charge is 0.445 e. The third-order valence-electron chi connectivity index (χ3n) is 5.95. The van der Waals surface area contributed by atoms with Crippen LogP contribution in [0.4, 0.5) is 9.59 Å². The molecule has 1 N–H and O–H groups in total. The number of benzene rings is 1. The minimum Gasteiger partial charge on any atom is -0.445 e. The van der Waals surface area contributed by atoms with Gasteiger partial charge >= 0.3 is 12.2 Å². The molecule has 1 aliphatic heterocycles. The number of likely N-dealkylation sites (N-methyl/N-ethyl adjacent to an activating group) is 1. The van der Waals surface area contributed by atoms with Gasteiger partial charge in [-0.3, -0.25) is 4.79 Å². The van der Waals surface area contributed by atoms with E-state index in [9.17, 15) is 14.4 Å². The molecule has 1 saturated heterocycles. The van der Waals surface area contributed by atoms with E-state index in [0.29, 0.717) is 30.8 Å². The van der Waals surface area contributed by atoms with Crippen LogP contribution in [0.3, 0.4) is 0 Å². The quantitative estimate of drug-likeness (QED) is 0.491. The van der Waals surface area contributed by atoms with Crippen LogP contribution in [0.15, 0.2) is 36.9 Å². The molecule has 0 bridgehead atoms. The first-order valence-corrected chi connectivity index (χ1v) is 12.3. The van der Waals surface area contributed by atoms with Crippen LogP contribution in [0, 0.1) is 0 Å². The van der Waals surface area contributed by atoms with Crippen LogP contribution in [0.5, 0.6) is 0 Å². The Balaban J connectivity index is 2.36. The zero-order chi connectivity index (χ0) is 26.9. The van der Waals surface area contributed by atoms with Crippen molar-refractivity contribution in [1.82, 2.24) is 15.1 Å². The SMILES string of the molecule is C=CCOC(=O)N[C@@H](COC)C(=O)N(C)[C@@]1(Cc2ccc(Cl)cc2)CCCN(C(=O)OC(C)(C)C)C1. The Kier molecular flexibility index (Phi) is 10.6. The Morgan fingerprint density at radius 3 is 2.53 bits per heavy atom. The maximum absolute atomic E-state index is 13.7. The number of likely N-dealkylation sites (tertiary alicyclic amines) is 1. The number of piperidine rings is 1. The summed E-state index contributed by atoms with van der Waals surface area (Å²) in [5, 5.41) is 3.19. The number of halogens is 1. The smallest absolute Gasteiger partial charge is 0.410 e. The number of carbonyl (C=O) groups is 3. The summed E-state index contributed by atoms with van der Waals surface area (Å²) < 4.78 is 15.8. The third kappa shape index (κ3) is 8.41. The molecule has 200 valence electrons. The van der Waals surface area contributed by atoms with Crippen LogP contribution >= 0.6 is 11.6 Å². The molecular formula is C26H38ClN3O6. The number of methoxy groups -OCH3 is 1. The van der Waals surface area contributed by atoms with Gasteiger partial charge in [0.15, 0.2) is 0 Å². The lowest BCUT2D eigenvalue weighted by Gasteiger charge is -2.49. The number of carbonyl (C=O) groups excluding carboxylic acids is 3. The molecule has 1 heterocycles. The first kappa shape index (κ1) is 29.5. The summed E-state index contributed by atoms with van der Waals surface area (Å²) in [6, 6.07) is 6.44. The molecule has 10 heteroatoms. The van der Waals surface area contributed by atoms with E-state index in [1.165, 1.54) is 13.2 Å². The zero-order valence-electron chi connectivity index (χ0n) is 21.8. The summed E-state index contributed by atoms with van der Waals surface area (Å²) in [7, 11) is 3.14. The second-order valence-electron chi connectivity index (χ2n) is 9.97. The Morgan fingerprint density at radius 2 is 1.94 bits per heavy atom. The lowest BCUT2D eigenvalue weighted by Crippen LogP contribution is -2.64. The highest BCUT2D eigenvalue weighted by Gasteiger charge is 2.45. The minimum absolute atomic E-state index is 0.0148. The van der Waals surface area contributed by atoms with Gasteiger partial charge in [-0.2, -0.15) is 0 Å². The van der Waals surface area contributed by atoms with Crippen molar-refractivity contribution in [3.05, 3.63) is 47.5 Å². The van der Waals surface area contributed by atoms with Gasteiger partial charge < -0.3 is 29.3 Å². The molecular weight excluding hydrogens is 486 g/mol. The summed E-state index contributed by atoms with van der Waals surface area (Å²) in [6.45, 7) is 9.73. The van der Waals surface area contributed by atoms with Crippen molar-refractivity contribution in [3.63, 3.8) is 0 Å². The standard InChI is InChI=1S/C26H38ClN3O6/c1-7-15-35-23(32)28-21(17-34-6)22(31)29(5)26(16-19-9-11-20(27)12-10-19)13-8-14-30(18-26)24(33)36-25(2,3)4/h7,9-12,21H,1,8,13-18H2,2-6H3,(H,28,32)/t21-,26+/m0/s1. The first-order chi connectivity index (χ1) is 16.9. The van der Waals surface area contributed by atoms with Gasteiger partial charge in [0, 0.05) is 32.3 Å². The fourth-order valence-corrected chi connectivity index (χ4v) is 4.37. The van der Waals surface area contributed by atoms with Crippen LogP contribution in [-0.2, 0) is 25.4 Å². The van der Waals surface area contributed by atoms with E-state index in [-0.39, 0.29) is 25.7 Å². The van der Waals surface area contributed by atoms with Crippen molar-refractivity contribution in [2.24, 2.45) is 0 Å². The molecule has 0 saturated carbocycles. The molecule has 2 atom stereocenters. The Labute approximate surface area is 218 Å². The fourth-order valence-electron chi connectivity index (χ4n) is 4.24. The van der Waals surface area contributed by atoms with Crippen LogP contribution < -0.4 is 5.32 Å². The highest BCUT2D eigenvalue weighted by molar-refractivity contribution is 6.30. The predicted octanol–water partition coefficient (Wildman–Crippen LogP) is 4.04. The van der Waals surface area contributed by atoms with Crippen LogP contribution in [0.2, 0.25) is 5.02 Å². The number of rotatable bonds is 9. The van der Waals surface area contributed by atoms with Crippen LogP contribution in [-0.4, -0.2) is 85.5 Å². The van der Waals surface area contributed by atoms with Gasteiger partial charge in [0.1, 0.15) is 18.2 Å². The van der Waals surface area contributed by atoms with Crippen molar-refractivity contribution in [3.8, 4) is 0 Å². The van der Waals surface area contributed by atoms with Crippen molar-refractivity contribution < 1.29 is 28.6 Å². The Bertz CT molecular complexity index is 917. The van der Waals surface area contributed by atoms with Gasteiger partial charge in [-0.05, 0) is 57.7 Å². The summed E-state index contributed by atoms with van der Waals surface area (Å²) >= 11 is 6.08. The van der Waals surface area contributed by atoms with Crippen molar-refractivity contribution in [2.45, 2.75) is 57.2 Å². The lowest BCUT2D eigenvalue weighted by atomic mass is 9.81. The van der Waals surface area contributed by atoms with Gasteiger partial charge in [-0.1, -0.05) is 36.4 Å². The molecule has 36 heavy (non-hydrogen) atoms. The van der Waals surface area contributed by atoms with Crippen molar-refractivity contribution in [1.29, 1.82) is 0 Å². The number of nitrogens with one attached hydrogen (secondary N) is 1. The van der Waals surface area contributed by atoms with Crippen LogP contribution in [0.1, 0.15) is 39.2 Å².